The van der Waals surface area contributed by atoms with E-state index >= 15 is 0 Å². The predicted octanol–water partition coefficient (Wildman–Crippen LogP) is 2.52. The third-order valence-electron chi connectivity index (χ3n) is 5.42. The summed E-state index contributed by atoms with van der Waals surface area (Å²) in [4.78, 5) is 54.3. The van der Waals surface area contributed by atoms with Gasteiger partial charge in [-0.25, -0.2) is 0 Å². The number of amides is 2. The van der Waals surface area contributed by atoms with Crippen molar-refractivity contribution < 1.29 is 37.1 Å². The quantitative estimate of drug-likeness (QED) is 0.326. The molecule has 0 bridgehead atoms. The molecule has 0 saturated carbocycles. The van der Waals surface area contributed by atoms with Crippen LogP contribution in [0.3, 0.4) is 0 Å². The summed E-state index contributed by atoms with van der Waals surface area (Å²) in [6, 6.07) is 10.6. The summed E-state index contributed by atoms with van der Waals surface area (Å²) in [5.41, 5.74) is 0.332. The van der Waals surface area contributed by atoms with Gasteiger partial charge in [-0.05, 0) is 0 Å². The van der Waals surface area contributed by atoms with Crippen LogP contribution in [0.1, 0.15) is 12.8 Å². The second kappa shape index (κ2) is 10.8. The molecule has 188 valence electrons. The molecule has 1 heterocycles. The van der Waals surface area contributed by atoms with E-state index in [0.29, 0.717) is 0 Å². The second-order valence-electron chi connectivity index (χ2n) is 7.91. The number of aliphatic carboxylic acids is 1. The third-order valence-corrected chi connectivity index (χ3v) is 11.3. The van der Waals surface area contributed by atoms with Crippen molar-refractivity contribution in [3.05, 3.63) is 48.5 Å². The van der Waals surface area contributed by atoms with Crippen LogP contribution < -0.4 is 10.2 Å². The van der Waals surface area contributed by atoms with Gasteiger partial charge in [0.25, 0.3) is 0 Å². The first kappa shape index (κ1) is 26.7. The van der Waals surface area contributed by atoms with Gasteiger partial charge in [0.05, 0.1) is 0 Å². The Morgan fingerprint density at radius 1 is 0.971 bits per heavy atom. The fraction of sp³-hybridized carbons (Fsp3) is 0.304. The van der Waals surface area contributed by atoms with E-state index in [1.54, 1.807) is 24.3 Å². The second-order valence-corrected chi connectivity index (χ2v) is 16.0. The number of Topliss-reactive ketones (excluding diaryl/α,β-unsaturated/α-hetero) is 1. The van der Waals surface area contributed by atoms with Gasteiger partial charge in [0, 0.05) is 0 Å². The zero-order chi connectivity index (χ0) is 25.9. The number of anilines is 2. The van der Waals surface area contributed by atoms with Crippen LogP contribution in [-0.4, -0.2) is 63.6 Å². The van der Waals surface area contributed by atoms with Gasteiger partial charge in [0.1, 0.15) is 0 Å². The Morgan fingerprint density at radius 2 is 1.49 bits per heavy atom. The average Bonchev–Trinajstić information content (AvgIpc) is 2.81. The number of carbonyl (C=O) groups is 4. The van der Waals surface area contributed by atoms with Crippen LogP contribution in [-0.2, 0) is 29.0 Å². The molecule has 2 aromatic carbocycles. The standard InChI is InChI=1S/C23H24FIN2O7S/c1-25(2)14(23(32)26-15(12-22(30)31)18(28)13-24)11-21(29)27-16-7-3-5-9-19(16)35(33,34)20-10-6-4-8-17(20)27/h3-10,14-15H,11-13H2,1-2H3,(H,26,32)(H,30,31)/t14-,15?/m1/s1. The van der Waals surface area contributed by atoms with Crippen LogP contribution in [0.2, 0.25) is 0 Å². The molecule has 1 aliphatic heterocycles. The Balaban J connectivity index is 1.94. The number of halogens is 2. The van der Waals surface area contributed by atoms with Crippen molar-refractivity contribution in [1.29, 1.82) is 0 Å². The number of hydrogen-bond donors (Lipinski definition) is 2. The third kappa shape index (κ3) is 5.53. The van der Waals surface area contributed by atoms with Crippen molar-refractivity contribution in [2.24, 2.45) is 0 Å². The number of nitrogens with zero attached hydrogens (tertiary/aromatic N) is 1. The van der Waals surface area contributed by atoms with Gasteiger partial charge in [0.15, 0.2) is 0 Å². The maximum atomic E-state index is 13.6. The first-order chi connectivity index (χ1) is 16.5. The molecule has 0 saturated heterocycles. The van der Waals surface area contributed by atoms with Gasteiger partial charge in [-0.2, -0.15) is 0 Å². The zero-order valence-corrected chi connectivity index (χ0v) is 21.9. The molecule has 1 unspecified atom stereocenters. The predicted molar refractivity (Wildman–Crippen MR) is 135 cm³/mol. The number of benzene rings is 2. The molecule has 0 spiro atoms. The number of carboxylic acid groups (broad SMARTS) is 1. The van der Waals surface area contributed by atoms with Gasteiger partial charge >= 0.3 is 210 Å². The zero-order valence-electron chi connectivity index (χ0n) is 18.9. The number of sulfone groups is 1. The molecule has 2 atom stereocenters. The van der Waals surface area contributed by atoms with E-state index in [1.165, 1.54) is 29.2 Å². The van der Waals surface area contributed by atoms with Crippen molar-refractivity contribution >= 4 is 64.6 Å². The van der Waals surface area contributed by atoms with Gasteiger partial charge in [0.2, 0.25) is 0 Å². The van der Waals surface area contributed by atoms with Crippen molar-refractivity contribution in [2.75, 3.05) is 21.4 Å². The van der Waals surface area contributed by atoms with Crippen molar-refractivity contribution in [3.63, 3.8) is 0 Å². The fourth-order valence-electron chi connectivity index (χ4n) is 3.72. The van der Waals surface area contributed by atoms with Gasteiger partial charge < -0.3 is 0 Å². The molecular formula is C23H24FIN2O7S. The van der Waals surface area contributed by atoms with Gasteiger partial charge in [-0.3, -0.25) is 0 Å². The minimum absolute atomic E-state index is 0.0357. The van der Waals surface area contributed by atoms with E-state index in [0.717, 1.165) is 0 Å². The number of nitrogens with one attached hydrogen (secondary N) is 1. The number of para-hydroxylation sites is 2. The molecule has 35 heavy (non-hydrogen) atoms. The number of alkyl halides is 4. The Hall–Kier alpha value is -2.87. The van der Waals surface area contributed by atoms with Gasteiger partial charge in [-0.15, -0.1) is 0 Å². The van der Waals surface area contributed by atoms with Crippen molar-refractivity contribution in [3.8, 4) is 0 Å². The number of rotatable bonds is 9. The summed E-state index contributed by atoms with van der Waals surface area (Å²) < 4.78 is 38.3. The summed E-state index contributed by atoms with van der Waals surface area (Å²) in [5.74, 6) is -3.68. The molecule has 0 aromatic heterocycles. The van der Waals surface area contributed by atoms with E-state index in [-0.39, 0.29) is 27.6 Å². The first-order valence-corrected chi connectivity index (χ1v) is 17.4. The van der Waals surface area contributed by atoms with Crippen LogP contribution in [0, 0.1) is 0 Å². The fourth-order valence-corrected chi connectivity index (χ4v) is 7.91. The molecule has 0 aliphatic carbocycles. The molecule has 0 fully saturated rings. The molecule has 2 aromatic rings. The molecule has 3 rings (SSSR count). The Kier molecular flexibility index (Phi) is 8.26. The molecule has 9 nitrogen and oxygen atoms in total. The SMILES string of the molecule is CI(C)[C@H](CC(=O)N1c2ccccc2S(=O)(=O)c2ccccc21)C(=O)NC(CC(=O)O)C(=O)CF. The van der Waals surface area contributed by atoms with E-state index in [1.807, 2.05) is 9.86 Å². The Bertz CT molecular complexity index is 1230. The Morgan fingerprint density at radius 3 is 1.94 bits per heavy atom. The number of hydrogen-bond acceptors (Lipinski definition) is 6. The summed E-state index contributed by atoms with van der Waals surface area (Å²) in [7, 11) is -3.86. The average molecular weight is 618 g/mol. The molecule has 2 N–H and O–H groups in total. The minimum atomic E-state index is -3.86. The van der Waals surface area contributed by atoms with Crippen LogP contribution >= 0.6 is 19.8 Å². The normalized spacial score (nSPS) is 15.7. The van der Waals surface area contributed by atoms with E-state index in [9.17, 15) is 32.0 Å². The van der Waals surface area contributed by atoms with Crippen LogP contribution in [0.15, 0.2) is 58.3 Å². The monoisotopic (exact) mass is 618 g/mol. The maximum absolute atomic E-state index is 13.6. The summed E-state index contributed by atoms with van der Waals surface area (Å²) >= 11 is -2.11. The van der Waals surface area contributed by atoms with Crippen molar-refractivity contribution in [2.45, 2.75) is 32.6 Å². The summed E-state index contributed by atoms with van der Waals surface area (Å²) in [6.45, 7) is -1.43. The van der Waals surface area contributed by atoms with E-state index in [2.05, 4.69) is 5.32 Å². The van der Waals surface area contributed by atoms with Crippen LogP contribution in [0.5, 0.6) is 0 Å². The van der Waals surface area contributed by atoms with E-state index < -0.39 is 76.3 Å². The van der Waals surface area contributed by atoms with E-state index in [4.69, 9.17) is 5.11 Å². The molecular weight excluding hydrogens is 594 g/mol. The molecule has 12 heteroatoms. The molecule has 2 amide bonds. The topological polar surface area (TPSA) is 138 Å². The molecule has 0 radical (unpaired) electrons. The Labute approximate surface area is 209 Å². The number of ketones is 1. The number of carbonyl (C=O) groups excluding carboxylic acids is 3. The van der Waals surface area contributed by atoms with Crippen molar-refractivity contribution in [1.82, 2.24) is 5.32 Å². The first-order valence-electron chi connectivity index (χ1n) is 10.3. The van der Waals surface area contributed by atoms with Crippen LogP contribution in [0.25, 0.3) is 0 Å². The molecule has 1 aliphatic rings. The number of fused-ring (bicyclic) bond motifs is 2. The summed E-state index contributed by atoms with van der Waals surface area (Å²) in [5, 5.41) is 11.3. The summed E-state index contributed by atoms with van der Waals surface area (Å²) in [6.07, 6.45) is -1.07. The van der Waals surface area contributed by atoms with Crippen LogP contribution in [0.4, 0.5) is 15.8 Å². The van der Waals surface area contributed by atoms with Gasteiger partial charge in [-0.1, -0.05) is 0 Å². The number of carboxylic acids is 1.